The lowest BCUT2D eigenvalue weighted by molar-refractivity contribution is 0.0947. The van der Waals surface area contributed by atoms with Crippen LogP contribution in [0.4, 0.5) is 5.69 Å². The molecule has 0 bridgehead atoms. The van der Waals surface area contributed by atoms with Crippen LogP contribution >= 0.6 is 0 Å². The Morgan fingerprint density at radius 2 is 2.26 bits per heavy atom. The molecule has 0 unspecified atom stereocenters. The molecule has 6 heteroatoms. The van der Waals surface area contributed by atoms with E-state index in [1.54, 1.807) is 30.5 Å². The molecule has 0 aliphatic carbocycles. The highest BCUT2D eigenvalue weighted by atomic mass is 16.5. The van der Waals surface area contributed by atoms with Crippen molar-refractivity contribution in [2.75, 3.05) is 12.8 Å². The van der Waals surface area contributed by atoms with E-state index in [1.165, 1.54) is 13.4 Å². The highest BCUT2D eigenvalue weighted by Gasteiger charge is 2.12. The lowest BCUT2D eigenvalue weighted by Gasteiger charge is -2.09. The van der Waals surface area contributed by atoms with Gasteiger partial charge in [0.15, 0.2) is 0 Å². The number of nitrogen functional groups attached to an aromatic ring is 1. The van der Waals surface area contributed by atoms with E-state index in [2.05, 4.69) is 15.3 Å². The molecule has 0 atom stereocenters. The first-order chi connectivity index (χ1) is 9.20. The predicted molar refractivity (Wildman–Crippen MR) is 70.6 cm³/mol. The second kappa shape index (κ2) is 5.81. The molecule has 0 saturated heterocycles. The Labute approximate surface area is 110 Å². The van der Waals surface area contributed by atoms with Gasteiger partial charge in [-0.15, -0.1) is 0 Å². The van der Waals surface area contributed by atoms with Crippen molar-refractivity contribution in [1.82, 2.24) is 15.3 Å². The maximum absolute atomic E-state index is 12.0. The van der Waals surface area contributed by atoms with Crippen molar-refractivity contribution in [3.05, 3.63) is 48.0 Å². The second-order valence-corrected chi connectivity index (χ2v) is 3.84. The smallest absolute Gasteiger partial charge is 0.255 e. The van der Waals surface area contributed by atoms with E-state index in [-0.39, 0.29) is 5.91 Å². The number of hydrogen-bond acceptors (Lipinski definition) is 5. The van der Waals surface area contributed by atoms with Gasteiger partial charge in [-0.2, -0.15) is 0 Å². The number of rotatable bonds is 4. The molecule has 3 N–H and O–H groups in total. The normalized spacial score (nSPS) is 9.95. The third-order valence-corrected chi connectivity index (χ3v) is 2.54. The van der Waals surface area contributed by atoms with Crippen LogP contribution in [0.1, 0.15) is 16.1 Å². The summed E-state index contributed by atoms with van der Waals surface area (Å²) in [4.78, 5) is 19.9. The topological polar surface area (TPSA) is 90.1 Å². The number of ether oxygens (including phenoxy) is 1. The second-order valence-electron chi connectivity index (χ2n) is 3.84. The van der Waals surface area contributed by atoms with Crippen LogP contribution in [0.5, 0.6) is 5.75 Å². The number of anilines is 1. The number of nitrogens with zero attached hydrogens (tertiary/aromatic N) is 2. The number of aromatic nitrogens is 2. The summed E-state index contributed by atoms with van der Waals surface area (Å²) in [6, 6.07) is 6.63. The molecule has 1 amide bonds. The Kier molecular flexibility index (Phi) is 3.92. The first-order valence-electron chi connectivity index (χ1n) is 5.67. The monoisotopic (exact) mass is 258 g/mol. The van der Waals surface area contributed by atoms with E-state index >= 15 is 0 Å². The minimum absolute atomic E-state index is 0.240. The largest absolute Gasteiger partial charge is 0.496 e. The average Bonchev–Trinajstić information content (AvgIpc) is 2.45. The molecular formula is C13H14N4O2. The summed E-state index contributed by atoms with van der Waals surface area (Å²) in [5, 5.41) is 2.76. The van der Waals surface area contributed by atoms with Crippen molar-refractivity contribution in [2.45, 2.75) is 6.54 Å². The fourth-order valence-corrected chi connectivity index (χ4v) is 1.58. The van der Waals surface area contributed by atoms with Gasteiger partial charge in [-0.1, -0.05) is 0 Å². The van der Waals surface area contributed by atoms with Gasteiger partial charge >= 0.3 is 0 Å². The van der Waals surface area contributed by atoms with Gasteiger partial charge in [0.05, 0.1) is 24.9 Å². The Morgan fingerprint density at radius 3 is 2.95 bits per heavy atom. The number of methoxy groups -OCH3 is 1. The van der Waals surface area contributed by atoms with Gasteiger partial charge in [-0.3, -0.25) is 4.79 Å². The molecule has 1 heterocycles. The Balaban J connectivity index is 2.08. The van der Waals surface area contributed by atoms with Crippen molar-refractivity contribution < 1.29 is 9.53 Å². The number of amides is 1. The van der Waals surface area contributed by atoms with Crippen LogP contribution < -0.4 is 15.8 Å². The number of carbonyl (C=O) groups excluding carboxylic acids is 1. The molecule has 98 valence electrons. The maximum atomic E-state index is 12.0. The average molecular weight is 258 g/mol. The summed E-state index contributed by atoms with van der Waals surface area (Å²) < 4.78 is 5.13. The third-order valence-electron chi connectivity index (χ3n) is 2.54. The van der Waals surface area contributed by atoms with Crippen LogP contribution in [-0.4, -0.2) is 23.0 Å². The minimum Gasteiger partial charge on any atom is -0.496 e. The molecule has 0 fully saturated rings. The van der Waals surface area contributed by atoms with Gasteiger partial charge in [-0.25, -0.2) is 9.97 Å². The zero-order valence-corrected chi connectivity index (χ0v) is 10.5. The molecule has 19 heavy (non-hydrogen) atoms. The lowest BCUT2D eigenvalue weighted by atomic mass is 10.1. The van der Waals surface area contributed by atoms with E-state index in [0.29, 0.717) is 23.5 Å². The van der Waals surface area contributed by atoms with E-state index in [1.807, 2.05) is 0 Å². The highest BCUT2D eigenvalue weighted by molar-refractivity contribution is 5.97. The molecule has 0 spiro atoms. The van der Waals surface area contributed by atoms with Crippen LogP contribution in [0.25, 0.3) is 0 Å². The number of nitrogens with two attached hydrogens (primary N) is 1. The third kappa shape index (κ3) is 3.19. The minimum atomic E-state index is -0.240. The van der Waals surface area contributed by atoms with Gasteiger partial charge in [-0.05, 0) is 18.2 Å². The number of hydrogen-bond donors (Lipinski definition) is 2. The number of benzene rings is 1. The first-order valence-corrected chi connectivity index (χ1v) is 5.67. The maximum Gasteiger partial charge on any atom is 0.255 e. The summed E-state index contributed by atoms with van der Waals surface area (Å²) in [5.41, 5.74) is 7.36. The SMILES string of the molecule is COc1cc(N)ccc1C(=O)NCc1ccncn1. The zero-order valence-electron chi connectivity index (χ0n) is 10.5. The summed E-state index contributed by atoms with van der Waals surface area (Å²) in [5.74, 6) is 0.204. The molecule has 0 radical (unpaired) electrons. The zero-order chi connectivity index (χ0) is 13.7. The molecule has 6 nitrogen and oxygen atoms in total. The quantitative estimate of drug-likeness (QED) is 0.798. The molecule has 0 saturated carbocycles. The van der Waals surface area contributed by atoms with E-state index < -0.39 is 0 Å². The van der Waals surface area contributed by atoms with Gasteiger partial charge in [0.1, 0.15) is 12.1 Å². The molecule has 1 aromatic carbocycles. The Morgan fingerprint density at radius 1 is 1.42 bits per heavy atom. The standard InChI is InChI=1S/C13H14N4O2/c1-19-12-6-9(14)2-3-11(12)13(18)16-7-10-4-5-15-8-17-10/h2-6,8H,7,14H2,1H3,(H,16,18). The molecule has 0 aliphatic heterocycles. The van der Waals surface area contributed by atoms with E-state index in [0.717, 1.165) is 5.69 Å². The van der Waals surface area contributed by atoms with Gasteiger partial charge in [0, 0.05) is 18.0 Å². The molecule has 2 rings (SSSR count). The van der Waals surface area contributed by atoms with Gasteiger partial charge < -0.3 is 15.8 Å². The predicted octanol–water partition coefficient (Wildman–Crippen LogP) is 0.997. The van der Waals surface area contributed by atoms with E-state index in [9.17, 15) is 4.79 Å². The van der Waals surface area contributed by atoms with Crippen molar-refractivity contribution >= 4 is 11.6 Å². The first kappa shape index (κ1) is 12.8. The van der Waals surface area contributed by atoms with Crippen molar-refractivity contribution in [3.8, 4) is 5.75 Å². The molecule has 0 aliphatic rings. The molecule has 2 aromatic rings. The van der Waals surface area contributed by atoms with Crippen molar-refractivity contribution in [1.29, 1.82) is 0 Å². The van der Waals surface area contributed by atoms with Crippen LogP contribution in [-0.2, 0) is 6.54 Å². The lowest BCUT2D eigenvalue weighted by Crippen LogP contribution is -2.23. The Bertz CT molecular complexity index is 572. The fraction of sp³-hybridized carbons (Fsp3) is 0.154. The molecule has 1 aromatic heterocycles. The number of carbonyl (C=O) groups is 1. The summed E-state index contributed by atoms with van der Waals surface area (Å²) in [6.07, 6.45) is 3.06. The summed E-state index contributed by atoms with van der Waals surface area (Å²) in [6.45, 7) is 0.328. The van der Waals surface area contributed by atoms with Crippen molar-refractivity contribution in [2.24, 2.45) is 0 Å². The van der Waals surface area contributed by atoms with Gasteiger partial charge in [0.25, 0.3) is 5.91 Å². The van der Waals surface area contributed by atoms with Crippen molar-refractivity contribution in [3.63, 3.8) is 0 Å². The van der Waals surface area contributed by atoms with Gasteiger partial charge in [0.2, 0.25) is 0 Å². The van der Waals surface area contributed by atoms with Crippen LogP contribution in [0.15, 0.2) is 36.8 Å². The Hall–Kier alpha value is -2.63. The van der Waals surface area contributed by atoms with E-state index in [4.69, 9.17) is 10.5 Å². The summed E-state index contributed by atoms with van der Waals surface area (Å²) in [7, 11) is 1.50. The van der Waals surface area contributed by atoms with Crippen LogP contribution in [0.2, 0.25) is 0 Å². The number of nitrogens with one attached hydrogen (secondary N) is 1. The van der Waals surface area contributed by atoms with Crippen LogP contribution in [0.3, 0.4) is 0 Å². The van der Waals surface area contributed by atoms with Crippen LogP contribution in [0, 0.1) is 0 Å². The summed E-state index contributed by atoms with van der Waals surface area (Å²) >= 11 is 0. The fourth-order valence-electron chi connectivity index (χ4n) is 1.58. The molecular weight excluding hydrogens is 244 g/mol. The highest BCUT2D eigenvalue weighted by Crippen LogP contribution is 2.21.